The average Bonchev–Trinajstić information content (AvgIpc) is 3.45. The van der Waals surface area contributed by atoms with Gasteiger partial charge in [-0.1, -0.05) is 18.2 Å². The average molecular weight is 442 g/mol. The van der Waals surface area contributed by atoms with E-state index >= 15 is 0 Å². The van der Waals surface area contributed by atoms with Crippen LogP contribution in [0.1, 0.15) is 27.8 Å². The molecule has 0 saturated heterocycles. The predicted molar refractivity (Wildman–Crippen MR) is 121 cm³/mol. The molecule has 1 aliphatic rings. The number of pyridine rings is 1. The van der Waals surface area contributed by atoms with E-state index in [-0.39, 0.29) is 17.6 Å². The zero-order chi connectivity index (χ0) is 22.8. The molecule has 3 heterocycles. The molecule has 5 rings (SSSR count). The summed E-state index contributed by atoms with van der Waals surface area (Å²) in [4.78, 5) is 21.5. The first kappa shape index (κ1) is 20.6. The number of nitrogens with zero attached hydrogens (tertiary/aromatic N) is 3. The van der Waals surface area contributed by atoms with Crippen LogP contribution in [0.4, 0.5) is 0 Å². The van der Waals surface area contributed by atoms with Crippen LogP contribution in [0.15, 0.2) is 73.2 Å². The number of nitrogens with one attached hydrogen (secondary N) is 1. The number of para-hydroxylation sites is 1. The number of methoxy groups -OCH3 is 1. The van der Waals surface area contributed by atoms with Crippen molar-refractivity contribution in [2.45, 2.75) is 13.0 Å². The second-order valence-electron chi connectivity index (χ2n) is 7.60. The number of hydrogen-bond acceptors (Lipinski definition) is 6. The third-order valence-corrected chi connectivity index (χ3v) is 5.31. The number of carbonyl (C=O) groups is 1. The van der Waals surface area contributed by atoms with Gasteiger partial charge in [-0.25, -0.2) is 9.97 Å². The van der Waals surface area contributed by atoms with Gasteiger partial charge >= 0.3 is 0 Å². The third-order valence-electron chi connectivity index (χ3n) is 5.31. The van der Waals surface area contributed by atoms with Crippen LogP contribution < -0.4 is 19.5 Å². The van der Waals surface area contributed by atoms with Gasteiger partial charge in [0.05, 0.1) is 25.2 Å². The van der Waals surface area contributed by atoms with Crippen LogP contribution >= 0.6 is 0 Å². The van der Waals surface area contributed by atoms with Gasteiger partial charge in [0.2, 0.25) is 5.88 Å². The van der Waals surface area contributed by atoms with Gasteiger partial charge in [0.25, 0.3) is 5.91 Å². The Bertz CT molecular complexity index is 1300. The van der Waals surface area contributed by atoms with Gasteiger partial charge in [-0.3, -0.25) is 4.79 Å². The number of hydrogen-bond donors (Lipinski definition) is 1. The molecule has 2 aromatic heterocycles. The third kappa shape index (κ3) is 4.23. The Morgan fingerprint density at radius 1 is 1.12 bits per heavy atom. The Labute approximate surface area is 190 Å². The molecule has 0 aliphatic carbocycles. The highest BCUT2D eigenvalue weighted by molar-refractivity contribution is 5.93. The van der Waals surface area contributed by atoms with Crippen molar-refractivity contribution in [3.63, 3.8) is 0 Å². The van der Waals surface area contributed by atoms with Gasteiger partial charge < -0.3 is 24.1 Å². The van der Waals surface area contributed by atoms with E-state index in [9.17, 15) is 4.79 Å². The summed E-state index contributed by atoms with van der Waals surface area (Å²) in [5.41, 5.74) is 2.72. The van der Waals surface area contributed by atoms with Gasteiger partial charge in [-0.05, 0) is 43.3 Å². The van der Waals surface area contributed by atoms with E-state index in [1.54, 1.807) is 23.0 Å². The molecule has 0 spiro atoms. The fraction of sp³-hybridized carbons (Fsp3) is 0.160. The lowest BCUT2D eigenvalue weighted by Crippen LogP contribution is -2.30. The fourth-order valence-corrected chi connectivity index (χ4v) is 3.69. The van der Waals surface area contributed by atoms with Crippen LogP contribution in [0.25, 0.3) is 5.69 Å². The van der Waals surface area contributed by atoms with Crippen molar-refractivity contribution in [2.24, 2.45) is 0 Å². The molecule has 8 nitrogen and oxygen atoms in total. The van der Waals surface area contributed by atoms with Gasteiger partial charge in [-0.15, -0.1) is 0 Å². The van der Waals surface area contributed by atoms with Crippen LogP contribution in [0, 0.1) is 6.92 Å². The van der Waals surface area contributed by atoms with E-state index in [0.29, 0.717) is 29.7 Å². The first-order valence-electron chi connectivity index (χ1n) is 10.5. The normalized spacial score (nSPS) is 14.3. The summed E-state index contributed by atoms with van der Waals surface area (Å²) in [5, 5.41) is 2.99. The summed E-state index contributed by atoms with van der Waals surface area (Å²) >= 11 is 0. The minimum absolute atomic E-state index is 0.255. The van der Waals surface area contributed by atoms with E-state index in [1.165, 1.54) is 7.11 Å². The Kier molecular flexibility index (Phi) is 5.40. The lowest BCUT2D eigenvalue weighted by Gasteiger charge is -2.13. The number of aryl methyl sites for hydroxylation is 1. The van der Waals surface area contributed by atoms with Gasteiger partial charge in [0.1, 0.15) is 35.2 Å². The van der Waals surface area contributed by atoms with Crippen LogP contribution in [-0.2, 0) is 0 Å². The number of carbonyl (C=O) groups excluding carboxylic acids is 1. The second-order valence-corrected chi connectivity index (χ2v) is 7.60. The van der Waals surface area contributed by atoms with Gasteiger partial charge in [0, 0.05) is 17.8 Å². The molecule has 0 bridgehead atoms. The summed E-state index contributed by atoms with van der Waals surface area (Å²) < 4.78 is 18.9. The van der Waals surface area contributed by atoms with Crippen LogP contribution in [0.2, 0.25) is 0 Å². The highest BCUT2D eigenvalue weighted by Gasteiger charge is 2.27. The summed E-state index contributed by atoms with van der Waals surface area (Å²) in [7, 11) is 1.52. The molecule has 2 aromatic carbocycles. The molecule has 33 heavy (non-hydrogen) atoms. The molecule has 0 fully saturated rings. The number of imidazole rings is 1. The van der Waals surface area contributed by atoms with Crippen LogP contribution in [0.5, 0.6) is 23.1 Å². The minimum atomic E-state index is -0.312. The molecule has 0 unspecified atom stereocenters. The van der Waals surface area contributed by atoms with E-state index in [4.69, 9.17) is 14.2 Å². The zero-order valence-electron chi connectivity index (χ0n) is 18.2. The van der Waals surface area contributed by atoms with Crippen LogP contribution in [0.3, 0.4) is 0 Å². The largest absolute Gasteiger partial charge is 0.491 e. The predicted octanol–water partition coefficient (Wildman–Crippen LogP) is 4.24. The van der Waals surface area contributed by atoms with Crippen molar-refractivity contribution < 1.29 is 19.0 Å². The maximum absolute atomic E-state index is 12.9. The molecule has 1 atom stereocenters. The maximum atomic E-state index is 12.9. The van der Waals surface area contributed by atoms with E-state index in [2.05, 4.69) is 15.3 Å². The number of rotatable bonds is 6. The lowest BCUT2D eigenvalue weighted by molar-refractivity contribution is 0.0924. The summed E-state index contributed by atoms with van der Waals surface area (Å²) in [6.45, 7) is 2.23. The van der Waals surface area contributed by atoms with Crippen molar-refractivity contribution in [3.05, 3.63) is 90.1 Å². The summed E-state index contributed by atoms with van der Waals surface area (Å²) in [6.07, 6.45) is 3.54. The molecule has 0 saturated carbocycles. The highest BCUT2D eigenvalue weighted by atomic mass is 16.5. The standard InChI is InChI=1S/C25H22N4O4/c1-16-13-29(15-26-16)22-11-10-20(28-25(22)31-2)24(30)27-21-14-32-23-12-18(8-9-19(21)23)33-17-6-4-3-5-7-17/h3-13,15,21H,14H2,1-2H3,(H,27,30)/t21-/m1/s1. The molecular formula is C25H22N4O4. The number of amides is 1. The van der Waals surface area contributed by atoms with E-state index in [0.717, 1.165) is 17.0 Å². The maximum Gasteiger partial charge on any atom is 0.270 e. The Hall–Kier alpha value is -4.33. The minimum Gasteiger partial charge on any atom is -0.491 e. The zero-order valence-corrected chi connectivity index (χ0v) is 18.2. The van der Waals surface area contributed by atoms with E-state index in [1.807, 2.05) is 61.7 Å². The molecule has 1 N–H and O–H groups in total. The number of aromatic nitrogens is 3. The van der Waals surface area contributed by atoms with Gasteiger partial charge in [-0.2, -0.15) is 0 Å². The van der Waals surface area contributed by atoms with Crippen molar-refractivity contribution in [1.29, 1.82) is 0 Å². The lowest BCUT2D eigenvalue weighted by atomic mass is 10.1. The number of benzene rings is 2. The van der Waals surface area contributed by atoms with Crippen molar-refractivity contribution >= 4 is 5.91 Å². The van der Waals surface area contributed by atoms with Crippen LogP contribution in [-0.4, -0.2) is 34.2 Å². The Morgan fingerprint density at radius 2 is 1.97 bits per heavy atom. The van der Waals surface area contributed by atoms with Crippen molar-refractivity contribution in [3.8, 4) is 28.8 Å². The Balaban J connectivity index is 1.31. The molecule has 1 amide bonds. The number of ether oxygens (including phenoxy) is 3. The topological polar surface area (TPSA) is 87.5 Å². The fourth-order valence-electron chi connectivity index (χ4n) is 3.69. The molecule has 166 valence electrons. The molecule has 0 radical (unpaired) electrons. The van der Waals surface area contributed by atoms with Gasteiger partial charge in [0.15, 0.2) is 0 Å². The molecule has 8 heteroatoms. The number of fused-ring (bicyclic) bond motifs is 1. The summed E-state index contributed by atoms with van der Waals surface area (Å²) in [5.74, 6) is 2.13. The Morgan fingerprint density at radius 3 is 2.73 bits per heavy atom. The molecular weight excluding hydrogens is 420 g/mol. The SMILES string of the molecule is COc1nc(C(=O)N[C@@H]2COc3cc(Oc4ccccc4)ccc32)ccc1-n1cnc(C)c1. The quantitative estimate of drug-likeness (QED) is 0.481. The van der Waals surface area contributed by atoms with E-state index < -0.39 is 0 Å². The summed E-state index contributed by atoms with van der Waals surface area (Å²) in [6, 6.07) is 18.3. The smallest absolute Gasteiger partial charge is 0.270 e. The second kappa shape index (κ2) is 8.66. The van der Waals surface area contributed by atoms with Crippen molar-refractivity contribution in [2.75, 3.05) is 13.7 Å². The highest BCUT2D eigenvalue weighted by Crippen LogP contribution is 2.36. The molecule has 4 aromatic rings. The first-order chi connectivity index (χ1) is 16.1. The first-order valence-corrected chi connectivity index (χ1v) is 10.5. The van der Waals surface area contributed by atoms with Crippen molar-refractivity contribution in [1.82, 2.24) is 19.9 Å². The monoisotopic (exact) mass is 442 g/mol. The molecule has 1 aliphatic heterocycles.